The molecule has 1 amide bonds. The first-order valence-electron chi connectivity index (χ1n) is 6.52. The van der Waals surface area contributed by atoms with E-state index in [-0.39, 0.29) is 19.1 Å². The highest BCUT2D eigenvalue weighted by Crippen LogP contribution is 2.31. The summed E-state index contributed by atoms with van der Waals surface area (Å²) < 4.78 is 10.9. The number of carbonyl (C=O) groups excluding carboxylic acids is 1. The predicted octanol–water partition coefficient (Wildman–Crippen LogP) is 1.10. The van der Waals surface area contributed by atoms with E-state index in [0.29, 0.717) is 6.61 Å². The smallest absolute Gasteiger partial charge is 0.412 e. The maximum Gasteiger partial charge on any atom is 0.412 e. The highest BCUT2D eigenvalue weighted by atomic mass is 16.6. The summed E-state index contributed by atoms with van der Waals surface area (Å²) in [4.78, 5) is 13.7. The number of hydrogen-bond acceptors (Lipinski definition) is 5. The van der Waals surface area contributed by atoms with Gasteiger partial charge in [0.15, 0.2) is 0 Å². The molecule has 1 aliphatic rings. The van der Waals surface area contributed by atoms with E-state index in [2.05, 4.69) is 0 Å². The van der Waals surface area contributed by atoms with Crippen molar-refractivity contribution in [3.8, 4) is 0 Å². The molecule has 0 spiro atoms. The number of carbonyl (C=O) groups is 1. The first-order chi connectivity index (χ1) is 8.57. The standard InChI is InChI=1S/C13H25NO5/c1-12(2,3)19-11(17)14-9(6-10(16)7-15)8-18-13(14,4)5/h9-10,15-16H,6-8H2,1-5H3/t9-,10-/m0/s1. The van der Waals surface area contributed by atoms with Gasteiger partial charge >= 0.3 is 6.09 Å². The van der Waals surface area contributed by atoms with Crippen molar-refractivity contribution in [3.05, 3.63) is 0 Å². The topological polar surface area (TPSA) is 79.2 Å². The lowest BCUT2D eigenvalue weighted by Crippen LogP contribution is -2.50. The van der Waals surface area contributed by atoms with Gasteiger partial charge in [0.2, 0.25) is 0 Å². The molecule has 0 aromatic carbocycles. The maximum atomic E-state index is 12.2. The van der Waals surface area contributed by atoms with Crippen LogP contribution in [0.3, 0.4) is 0 Å². The summed E-state index contributed by atoms with van der Waals surface area (Å²) in [5.74, 6) is 0. The minimum atomic E-state index is -0.868. The van der Waals surface area contributed by atoms with E-state index >= 15 is 0 Å². The molecule has 0 unspecified atom stereocenters. The predicted molar refractivity (Wildman–Crippen MR) is 69.6 cm³/mol. The molecule has 1 rings (SSSR count). The van der Waals surface area contributed by atoms with Crippen molar-refractivity contribution >= 4 is 6.09 Å². The second-order valence-electron chi connectivity index (χ2n) is 6.33. The van der Waals surface area contributed by atoms with Gasteiger partial charge in [-0.3, -0.25) is 4.90 Å². The first-order valence-corrected chi connectivity index (χ1v) is 6.52. The molecule has 0 radical (unpaired) electrons. The fourth-order valence-electron chi connectivity index (χ4n) is 2.13. The monoisotopic (exact) mass is 275 g/mol. The maximum absolute atomic E-state index is 12.2. The normalized spacial score (nSPS) is 24.4. The molecule has 0 aromatic heterocycles. The number of aliphatic hydroxyl groups is 2. The number of rotatable bonds is 3. The number of amides is 1. The van der Waals surface area contributed by atoms with Crippen molar-refractivity contribution in [1.29, 1.82) is 0 Å². The summed E-state index contributed by atoms with van der Waals surface area (Å²) in [7, 11) is 0. The zero-order valence-corrected chi connectivity index (χ0v) is 12.3. The van der Waals surface area contributed by atoms with Crippen LogP contribution in [0.15, 0.2) is 0 Å². The van der Waals surface area contributed by atoms with Crippen LogP contribution in [0.4, 0.5) is 4.79 Å². The van der Waals surface area contributed by atoms with Gasteiger partial charge in [0.05, 0.1) is 25.4 Å². The fourth-order valence-corrected chi connectivity index (χ4v) is 2.13. The molecule has 112 valence electrons. The highest BCUT2D eigenvalue weighted by Gasteiger charge is 2.46. The van der Waals surface area contributed by atoms with E-state index in [0.717, 1.165) is 0 Å². The Hall–Kier alpha value is -0.850. The third-order valence-corrected chi connectivity index (χ3v) is 2.92. The summed E-state index contributed by atoms with van der Waals surface area (Å²) in [6.07, 6.45) is -1.07. The van der Waals surface area contributed by atoms with Crippen molar-refractivity contribution < 1.29 is 24.5 Å². The van der Waals surface area contributed by atoms with Gasteiger partial charge in [0.1, 0.15) is 11.3 Å². The van der Waals surface area contributed by atoms with Crippen molar-refractivity contribution in [1.82, 2.24) is 4.90 Å². The second kappa shape index (κ2) is 5.64. The molecule has 2 N–H and O–H groups in total. The third-order valence-electron chi connectivity index (χ3n) is 2.92. The summed E-state index contributed by atoms with van der Waals surface area (Å²) in [6.45, 7) is 8.94. The van der Waals surface area contributed by atoms with Crippen LogP contribution in [0.1, 0.15) is 41.0 Å². The molecule has 0 saturated carbocycles. The summed E-state index contributed by atoms with van der Waals surface area (Å²) in [5.41, 5.74) is -1.36. The largest absolute Gasteiger partial charge is 0.444 e. The Morgan fingerprint density at radius 2 is 2.11 bits per heavy atom. The lowest BCUT2D eigenvalue weighted by molar-refractivity contribution is -0.0641. The van der Waals surface area contributed by atoms with Crippen molar-refractivity contribution in [2.24, 2.45) is 0 Å². The van der Waals surface area contributed by atoms with Gasteiger partial charge in [-0.15, -0.1) is 0 Å². The lowest BCUT2D eigenvalue weighted by atomic mass is 10.1. The molecule has 1 aliphatic heterocycles. The van der Waals surface area contributed by atoms with Gasteiger partial charge in [-0.2, -0.15) is 0 Å². The van der Waals surface area contributed by atoms with Gasteiger partial charge in [-0.1, -0.05) is 0 Å². The van der Waals surface area contributed by atoms with Crippen LogP contribution in [-0.2, 0) is 9.47 Å². The Bertz CT molecular complexity index is 323. The molecule has 0 aromatic rings. The molecule has 19 heavy (non-hydrogen) atoms. The molecule has 1 heterocycles. The Morgan fingerprint density at radius 3 is 2.58 bits per heavy atom. The Kier molecular flexibility index (Phi) is 4.81. The van der Waals surface area contributed by atoms with Gasteiger partial charge in [0.25, 0.3) is 0 Å². The quantitative estimate of drug-likeness (QED) is 0.806. The molecule has 6 heteroatoms. The number of aliphatic hydroxyl groups excluding tert-OH is 2. The van der Waals surface area contributed by atoms with Crippen LogP contribution in [0.25, 0.3) is 0 Å². The van der Waals surface area contributed by atoms with Gasteiger partial charge in [0, 0.05) is 0 Å². The average molecular weight is 275 g/mol. The van der Waals surface area contributed by atoms with Crippen LogP contribution in [0, 0.1) is 0 Å². The van der Waals surface area contributed by atoms with E-state index in [9.17, 15) is 9.90 Å². The van der Waals surface area contributed by atoms with Gasteiger partial charge in [-0.25, -0.2) is 4.79 Å². The van der Waals surface area contributed by atoms with Crippen molar-refractivity contribution in [2.75, 3.05) is 13.2 Å². The SMILES string of the molecule is CC(C)(C)OC(=O)N1[C@@H](C[C@H](O)CO)COC1(C)C. The van der Waals surface area contributed by atoms with Crippen LogP contribution >= 0.6 is 0 Å². The molecule has 0 aliphatic carbocycles. The Morgan fingerprint density at radius 1 is 1.53 bits per heavy atom. The fraction of sp³-hybridized carbons (Fsp3) is 0.923. The minimum absolute atomic E-state index is 0.263. The van der Waals surface area contributed by atoms with Crippen LogP contribution in [-0.4, -0.2) is 57.9 Å². The Balaban J connectivity index is 2.81. The van der Waals surface area contributed by atoms with Crippen LogP contribution < -0.4 is 0 Å². The zero-order chi connectivity index (χ0) is 14.8. The highest BCUT2D eigenvalue weighted by molar-refractivity contribution is 5.69. The number of hydrogen-bond donors (Lipinski definition) is 2. The van der Waals surface area contributed by atoms with E-state index in [4.69, 9.17) is 14.6 Å². The molecule has 1 fully saturated rings. The molecular formula is C13H25NO5. The first kappa shape index (κ1) is 16.2. The minimum Gasteiger partial charge on any atom is -0.444 e. The van der Waals surface area contributed by atoms with E-state index in [1.165, 1.54) is 4.90 Å². The third kappa shape index (κ3) is 4.33. The summed E-state index contributed by atoms with van der Waals surface area (Å²) in [6, 6.07) is -0.299. The molecule has 2 atom stereocenters. The van der Waals surface area contributed by atoms with E-state index < -0.39 is 23.5 Å². The van der Waals surface area contributed by atoms with Crippen molar-refractivity contribution in [2.45, 2.75) is 64.5 Å². The van der Waals surface area contributed by atoms with Gasteiger partial charge < -0.3 is 19.7 Å². The molecule has 0 bridgehead atoms. The Labute approximate surface area is 114 Å². The molecular weight excluding hydrogens is 250 g/mol. The van der Waals surface area contributed by atoms with Crippen LogP contribution in [0.2, 0.25) is 0 Å². The lowest BCUT2D eigenvalue weighted by Gasteiger charge is -2.35. The average Bonchev–Trinajstić information content (AvgIpc) is 2.51. The van der Waals surface area contributed by atoms with E-state index in [1.54, 1.807) is 34.6 Å². The number of nitrogens with zero attached hydrogens (tertiary/aromatic N) is 1. The van der Waals surface area contributed by atoms with Gasteiger partial charge in [-0.05, 0) is 41.0 Å². The van der Waals surface area contributed by atoms with E-state index in [1.807, 2.05) is 0 Å². The second-order valence-corrected chi connectivity index (χ2v) is 6.33. The molecule has 6 nitrogen and oxygen atoms in total. The van der Waals surface area contributed by atoms with Crippen molar-refractivity contribution in [3.63, 3.8) is 0 Å². The summed E-state index contributed by atoms with van der Waals surface area (Å²) >= 11 is 0. The van der Waals surface area contributed by atoms with Crippen LogP contribution in [0.5, 0.6) is 0 Å². The molecule has 1 saturated heterocycles. The number of ether oxygens (including phenoxy) is 2. The summed E-state index contributed by atoms with van der Waals surface area (Å²) in [5, 5.41) is 18.4. The zero-order valence-electron chi connectivity index (χ0n) is 12.3.